The highest BCUT2D eigenvalue weighted by molar-refractivity contribution is 7.85. The van der Waals surface area contributed by atoms with Crippen molar-refractivity contribution >= 4 is 10.1 Å². The van der Waals surface area contributed by atoms with Crippen LogP contribution in [0.1, 0.15) is 114 Å². The normalized spacial score (nSPS) is 12.2. The molecule has 5 heteroatoms. The topological polar surface area (TPSA) is 57.2 Å². The van der Waals surface area contributed by atoms with Crippen LogP contribution in [-0.2, 0) is 23.0 Å². The first kappa shape index (κ1) is 34.5. The Kier molecular flexibility index (Phi) is 18.2. The first-order chi connectivity index (χ1) is 19.4. The standard InChI is InChI=1S/C35H57NO3S/c1-36(32-22-23-33-40(37,38)39,30-20-10-6-2-4-8-14-24-34-26-16-12-17-27-34)31-21-11-7-3-5-9-15-25-35-28-18-13-19-29-35/h12-13,16-19,26-29H,2-11,14-15,20-25,30-33H2,1H3. The van der Waals surface area contributed by atoms with E-state index in [0.717, 1.165) is 30.5 Å². The van der Waals surface area contributed by atoms with Crippen molar-refractivity contribution in [2.75, 3.05) is 32.4 Å². The van der Waals surface area contributed by atoms with Gasteiger partial charge in [-0.3, -0.25) is 0 Å². The van der Waals surface area contributed by atoms with Crippen molar-refractivity contribution in [3.05, 3.63) is 71.8 Å². The molecule has 40 heavy (non-hydrogen) atoms. The Morgan fingerprint density at radius 2 is 0.825 bits per heavy atom. The van der Waals surface area contributed by atoms with E-state index in [-0.39, 0.29) is 5.75 Å². The molecule has 2 aromatic carbocycles. The zero-order valence-corrected chi connectivity index (χ0v) is 26.2. The summed E-state index contributed by atoms with van der Waals surface area (Å²) in [4.78, 5) is 0. The van der Waals surface area contributed by atoms with Crippen LogP contribution in [0.25, 0.3) is 0 Å². The number of aryl methyl sites for hydroxylation is 2. The fraction of sp³-hybridized carbons (Fsp3) is 0.657. The maximum Gasteiger partial charge on any atom is 0.0945 e. The van der Waals surface area contributed by atoms with E-state index >= 15 is 0 Å². The molecule has 0 aliphatic heterocycles. The van der Waals surface area contributed by atoms with Gasteiger partial charge in [-0.05, 0) is 75.3 Å². The lowest BCUT2D eigenvalue weighted by atomic mass is 10.0. The van der Waals surface area contributed by atoms with Gasteiger partial charge in [0.1, 0.15) is 0 Å². The van der Waals surface area contributed by atoms with Crippen LogP contribution in [0.4, 0.5) is 0 Å². The van der Waals surface area contributed by atoms with Crippen LogP contribution < -0.4 is 0 Å². The zero-order valence-electron chi connectivity index (χ0n) is 25.4. The number of benzene rings is 2. The van der Waals surface area contributed by atoms with Crippen molar-refractivity contribution < 1.29 is 17.5 Å². The van der Waals surface area contributed by atoms with E-state index in [0.29, 0.717) is 6.42 Å². The average Bonchev–Trinajstić information content (AvgIpc) is 2.94. The molecule has 0 amide bonds. The van der Waals surface area contributed by atoms with Crippen molar-refractivity contribution in [3.8, 4) is 0 Å². The molecular formula is C35H57NO3S. The third-order valence-corrected chi connectivity index (χ3v) is 9.14. The minimum absolute atomic E-state index is 0.221. The van der Waals surface area contributed by atoms with Gasteiger partial charge in [-0.1, -0.05) is 112 Å². The van der Waals surface area contributed by atoms with Crippen LogP contribution in [0, 0.1) is 0 Å². The Morgan fingerprint density at radius 1 is 0.500 bits per heavy atom. The number of unbranched alkanes of at least 4 members (excludes halogenated alkanes) is 13. The molecule has 0 radical (unpaired) electrons. The summed E-state index contributed by atoms with van der Waals surface area (Å²) in [6, 6.07) is 21.6. The lowest BCUT2D eigenvalue weighted by Crippen LogP contribution is -2.46. The number of nitrogens with zero attached hydrogens (tertiary/aromatic N) is 1. The van der Waals surface area contributed by atoms with Crippen molar-refractivity contribution in [1.29, 1.82) is 0 Å². The number of quaternary nitrogens is 1. The summed E-state index contributed by atoms with van der Waals surface area (Å²) in [5.41, 5.74) is 2.90. The minimum Gasteiger partial charge on any atom is -0.748 e. The Bertz CT molecular complexity index is 905. The smallest absolute Gasteiger partial charge is 0.0945 e. The van der Waals surface area contributed by atoms with Crippen LogP contribution >= 0.6 is 0 Å². The first-order valence-corrected chi connectivity index (χ1v) is 17.8. The predicted molar refractivity (Wildman–Crippen MR) is 170 cm³/mol. The molecular weight excluding hydrogens is 514 g/mol. The monoisotopic (exact) mass is 571 g/mol. The van der Waals surface area contributed by atoms with Gasteiger partial charge in [0, 0.05) is 5.75 Å². The maximum atomic E-state index is 11.0. The third-order valence-electron chi connectivity index (χ3n) is 8.35. The average molecular weight is 572 g/mol. The van der Waals surface area contributed by atoms with E-state index in [1.165, 1.54) is 114 Å². The maximum absolute atomic E-state index is 11.0. The molecule has 0 heterocycles. The molecule has 0 N–H and O–H groups in total. The molecule has 226 valence electrons. The van der Waals surface area contributed by atoms with E-state index in [1.807, 2.05) is 0 Å². The fourth-order valence-corrected chi connectivity index (χ4v) is 6.37. The molecule has 0 fully saturated rings. The number of hydrogen-bond donors (Lipinski definition) is 0. The van der Waals surface area contributed by atoms with Gasteiger partial charge in [0.05, 0.1) is 36.8 Å². The summed E-state index contributed by atoms with van der Waals surface area (Å²) in [5.74, 6) is -0.221. The molecule has 0 saturated heterocycles. The molecule has 4 nitrogen and oxygen atoms in total. The van der Waals surface area contributed by atoms with Crippen LogP contribution in [0.3, 0.4) is 0 Å². The van der Waals surface area contributed by atoms with Gasteiger partial charge in [-0.2, -0.15) is 0 Å². The second kappa shape index (κ2) is 21.1. The fourth-order valence-electron chi connectivity index (χ4n) is 5.81. The van der Waals surface area contributed by atoms with Crippen molar-refractivity contribution in [3.63, 3.8) is 0 Å². The minimum atomic E-state index is -4.10. The molecule has 2 rings (SSSR count). The second-order valence-corrected chi connectivity index (χ2v) is 13.7. The molecule has 0 aliphatic rings. The molecule has 0 aromatic heterocycles. The van der Waals surface area contributed by atoms with E-state index < -0.39 is 10.1 Å². The summed E-state index contributed by atoms with van der Waals surface area (Å²) in [5, 5.41) is 0. The molecule has 0 saturated carbocycles. The SMILES string of the molecule is C[N+](CCCCCCCCCc1ccccc1)(CCCCCCCCCc1ccccc1)CCCCS(=O)(=O)[O-]. The molecule has 0 bridgehead atoms. The highest BCUT2D eigenvalue weighted by atomic mass is 32.2. The Hall–Kier alpha value is -1.69. The largest absolute Gasteiger partial charge is 0.748 e. The van der Waals surface area contributed by atoms with Gasteiger partial charge < -0.3 is 9.04 Å². The van der Waals surface area contributed by atoms with E-state index in [4.69, 9.17) is 0 Å². The van der Waals surface area contributed by atoms with Crippen LogP contribution in [0.2, 0.25) is 0 Å². The summed E-state index contributed by atoms with van der Waals surface area (Å²) in [6.45, 7) is 3.31. The van der Waals surface area contributed by atoms with Gasteiger partial charge in [-0.15, -0.1) is 0 Å². The molecule has 0 aliphatic carbocycles. The van der Waals surface area contributed by atoms with Crippen LogP contribution in [-0.4, -0.2) is 49.9 Å². The van der Waals surface area contributed by atoms with Gasteiger partial charge in [-0.25, -0.2) is 8.42 Å². The van der Waals surface area contributed by atoms with Gasteiger partial charge in [0.15, 0.2) is 0 Å². The van der Waals surface area contributed by atoms with Crippen molar-refractivity contribution in [2.24, 2.45) is 0 Å². The predicted octanol–water partition coefficient (Wildman–Crippen LogP) is 8.71. The van der Waals surface area contributed by atoms with Crippen molar-refractivity contribution in [2.45, 2.75) is 116 Å². The van der Waals surface area contributed by atoms with Gasteiger partial charge in [0.25, 0.3) is 0 Å². The van der Waals surface area contributed by atoms with E-state index in [2.05, 4.69) is 67.7 Å². The summed E-state index contributed by atoms with van der Waals surface area (Å²) in [7, 11) is -1.75. The highest BCUT2D eigenvalue weighted by Gasteiger charge is 2.20. The van der Waals surface area contributed by atoms with E-state index in [9.17, 15) is 13.0 Å². The Labute approximate surface area is 246 Å². The molecule has 0 spiro atoms. The summed E-state index contributed by atoms with van der Waals surface area (Å²) >= 11 is 0. The molecule has 0 unspecified atom stereocenters. The second-order valence-electron chi connectivity index (χ2n) is 12.2. The quantitative estimate of drug-likeness (QED) is 0.0680. The van der Waals surface area contributed by atoms with Crippen LogP contribution in [0.15, 0.2) is 60.7 Å². The summed E-state index contributed by atoms with van der Waals surface area (Å²) < 4.78 is 34.1. The lowest BCUT2D eigenvalue weighted by molar-refractivity contribution is -0.910. The van der Waals surface area contributed by atoms with Crippen LogP contribution in [0.5, 0.6) is 0 Å². The zero-order chi connectivity index (χ0) is 28.8. The highest BCUT2D eigenvalue weighted by Crippen LogP contribution is 2.17. The molecule has 2 aromatic rings. The Morgan fingerprint density at radius 3 is 1.20 bits per heavy atom. The van der Waals surface area contributed by atoms with Crippen molar-refractivity contribution in [1.82, 2.24) is 0 Å². The third kappa shape index (κ3) is 18.6. The summed E-state index contributed by atoms with van der Waals surface area (Å²) in [6.07, 6.45) is 21.9. The van der Waals surface area contributed by atoms with E-state index in [1.54, 1.807) is 0 Å². The molecule has 0 atom stereocenters. The Balaban J connectivity index is 1.55. The number of rotatable bonds is 25. The van der Waals surface area contributed by atoms with Gasteiger partial charge >= 0.3 is 0 Å². The lowest BCUT2D eigenvalue weighted by Gasteiger charge is -2.35. The van der Waals surface area contributed by atoms with Gasteiger partial charge in [0.2, 0.25) is 0 Å². The number of hydrogen-bond acceptors (Lipinski definition) is 3. The first-order valence-electron chi connectivity index (χ1n) is 16.2.